The average molecular weight is 2500 g/mol. The van der Waals surface area contributed by atoms with E-state index in [0.29, 0.717) is 37.1 Å². The number of halogens is 5. The van der Waals surface area contributed by atoms with Gasteiger partial charge in [0, 0.05) is 3.57 Å². The number of alkyl halides is 4. The normalized spacial score (nSPS) is 12.0. The van der Waals surface area contributed by atoms with E-state index >= 15 is 0 Å². The number of carbonyl (C=O) groups excluding carboxylic acids is 2. The van der Waals surface area contributed by atoms with Crippen LogP contribution in [0.5, 0.6) is 69.0 Å². The van der Waals surface area contributed by atoms with Crippen LogP contribution in [-0.2, 0) is 16.0 Å². The van der Waals surface area contributed by atoms with Gasteiger partial charge in [-0.2, -0.15) is 0 Å². The van der Waals surface area contributed by atoms with Crippen molar-refractivity contribution in [3.05, 3.63) is 280 Å². The van der Waals surface area contributed by atoms with E-state index in [1.165, 1.54) is 44.8 Å². The molecule has 0 bridgehead atoms. The van der Waals surface area contributed by atoms with Crippen LogP contribution in [0.3, 0.4) is 0 Å². The molecule has 0 aliphatic heterocycles. The molecule has 125 heavy (non-hydrogen) atoms. The third-order valence-electron chi connectivity index (χ3n) is 15.4. The summed E-state index contributed by atoms with van der Waals surface area (Å²) < 4.78 is 130. The molecule has 26 heteroatoms. The first-order chi connectivity index (χ1) is 62.6. The number of hydrogen-bond donors (Lipinski definition) is 0. The van der Waals surface area contributed by atoms with Crippen molar-refractivity contribution in [3.8, 4) is 69.0 Å². The van der Waals surface area contributed by atoms with Crippen molar-refractivity contribution in [2.45, 2.75) is 115 Å². The third-order valence-corrected chi connectivity index (χ3v) is 31.9. The molecular formula is C99H123Br3ClIO14Se7. The number of hydrogen-bond acceptors (Lipinski definition) is 14. The molecule has 2 atom stereocenters. The van der Waals surface area contributed by atoms with Crippen molar-refractivity contribution in [2.24, 2.45) is 0 Å². The quantitative estimate of drug-likeness (QED) is 0.0190. The minimum absolute atomic E-state index is 0.0446. The monoisotopic (exact) mass is 2500 g/mol. The van der Waals surface area contributed by atoms with Gasteiger partial charge in [0.1, 0.15) is 23.0 Å². The van der Waals surface area contributed by atoms with Crippen molar-refractivity contribution in [1.29, 1.82) is 0 Å². The molecule has 0 aliphatic rings. The molecule has 11 aromatic carbocycles. The zero-order valence-electron chi connectivity index (χ0n) is 83.0. The average Bonchev–Trinajstić information content (AvgIpc) is 0.849. The van der Waals surface area contributed by atoms with Gasteiger partial charge in [-0.25, -0.2) is 0 Å². The topological polar surface area (TPSA) is 145 Å². The van der Waals surface area contributed by atoms with E-state index in [1.807, 2.05) is 218 Å². The Kier molecular flexibility index (Phi) is 60.4. The Morgan fingerprint density at radius 1 is 0.360 bits per heavy atom. The predicted molar refractivity (Wildman–Crippen MR) is 555 cm³/mol. The molecule has 0 aromatic heterocycles. The first-order valence-electron chi connectivity index (χ1n) is 42.2. The summed E-state index contributed by atoms with van der Waals surface area (Å²) in [5.74, 6) is 10.6. The SMILES string of the molecule is COc1ccc(C)c(I)c1.COc1ccc(C)cc1.COc1ccc(C)cc1.COc1ccc(C)cc1.COc1ccc([Se][13CH2][13C](C)=O)cc1.COc1ccc([Se][13CH2][13C](C)=O)cc1.COc1ccc([Se][13C](Br)(Br)Br)cc1.[1H][13C@@]([2H])(C)[Se]c1ccc(OC)cc1.[1H][13C@@]([2H])(C)[Se]c1ccc(OC)cc1OCCl.[1H][13C]([1H])(C)[Se]c1ccc(OC)cc1.[1H][13C]([1H])(C)[Se]c1ccc(OC)cc1CC. The molecule has 680 valence electrons. The summed E-state index contributed by atoms with van der Waals surface area (Å²) in [4.78, 5) is 21.5. The molecule has 0 amide bonds. The predicted octanol–water partition coefficient (Wildman–Crippen LogP) is 20.5. The number of ketones is 2. The van der Waals surface area contributed by atoms with Crippen LogP contribution in [0.25, 0.3) is 0 Å². The molecule has 0 saturated carbocycles. The van der Waals surface area contributed by atoms with Gasteiger partial charge in [0.15, 0.2) is 0 Å². The van der Waals surface area contributed by atoms with Crippen LogP contribution < -0.4 is 88.1 Å². The fraction of sp³-hybridized carbons (Fsp3) is 0.313. The Balaban J connectivity index is 0.000000735. The summed E-state index contributed by atoms with van der Waals surface area (Å²) in [7, 11) is 18.1. The van der Waals surface area contributed by atoms with Crippen LogP contribution in [0.1, 0.15) is 87.2 Å². The molecule has 0 aliphatic carbocycles. The number of rotatable bonds is 29. The number of carbonyl (C=O) groups is 2. The number of ether oxygens (including phenoxy) is 12. The van der Waals surface area contributed by atoms with Crippen LogP contribution in [0.15, 0.2) is 249 Å². The van der Waals surface area contributed by atoms with Gasteiger partial charge in [-0.05, 0) is 104 Å². The van der Waals surface area contributed by atoms with E-state index < -0.39 is 21.1 Å². The van der Waals surface area contributed by atoms with Gasteiger partial charge >= 0.3 is 618 Å². The minimum atomic E-state index is -1.22. The van der Waals surface area contributed by atoms with Gasteiger partial charge in [0.25, 0.3) is 0 Å². The number of benzene rings is 11. The van der Waals surface area contributed by atoms with Crippen LogP contribution in [0, 0.1) is 31.3 Å². The molecule has 11 aromatic rings. The molecular weight excluding hydrogens is 2380 g/mol. The van der Waals surface area contributed by atoms with Crippen molar-refractivity contribution in [2.75, 3.05) is 84.3 Å². The first kappa shape index (κ1) is 103. The van der Waals surface area contributed by atoms with Gasteiger partial charge in [-0.3, -0.25) is 0 Å². The molecule has 0 fully saturated rings. The second-order valence-corrected chi connectivity index (χ2v) is 52.4. The molecule has 0 saturated heterocycles. The van der Waals surface area contributed by atoms with Gasteiger partial charge in [0.05, 0.1) is 28.4 Å². The molecule has 0 unspecified atom stereocenters. The van der Waals surface area contributed by atoms with Crippen molar-refractivity contribution in [3.63, 3.8) is 0 Å². The van der Waals surface area contributed by atoms with Crippen LogP contribution in [0.2, 0.25) is 31.7 Å². The van der Waals surface area contributed by atoms with E-state index in [2.05, 4.69) is 123 Å². The number of aryl methyl sites for hydroxylation is 5. The van der Waals surface area contributed by atoms with E-state index in [9.17, 15) is 9.59 Å². The summed E-state index contributed by atoms with van der Waals surface area (Å²) in [5, 5.41) is -3.11. The maximum atomic E-state index is 10.7. The fourth-order valence-corrected chi connectivity index (χ4v) is 21.3. The second-order valence-electron chi connectivity index (χ2n) is 24.7. The maximum absolute atomic E-state index is 10.7. The summed E-state index contributed by atoms with van der Waals surface area (Å²) >= 11 is 18.4. The molecule has 0 N–H and O–H groups in total. The summed E-state index contributed by atoms with van der Waals surface area (Å²) in [6.07, 6.45) is 0.921. The van der Waals surface area contributed by atoms with Gasteiger partial charge < -0.3 is 18.9 Å². The Labute approximate surface area is 846 Å². The Morgan fingerprint density at radius 3 is 0.912 bits per heavy atom. The summed E-state index contributed by atoms with van der Waals surface area (Å²) in [6, 6.07) is 80.2. The van der Waals surface area contributed by atoms with Crippen molar-refractivity contribution >= 4 is 229 Å². The standard InChI is InChI=1S/C11H16OSe.C10H13ClO2Se.2C10H12O2Se.2C9H12OSe.C8H7Br3OSe.C8H9IO.3C8H10O/c1-4-9-8-10(12-3)6-7-11(9)13-5-2;1-3-14-10-5-4-8(12-2)6-9(10)13-7-11;2*1-8(11)7-13-10-5-3-9(12-2)4-6-10;2*1-3-11-9-6-4-8(10-2)5-7-9;1-12-6-2-4-7(5-3-6)13-8(9,10)11;1-6-3-4-7(10-2)5-8(6)9;3*1-7-3-5-8(9-2)6-4-7/h6-8H,4-5H2,1-3H3;4-6H,3,7H2,1-2H3;2*3-6H,7H2,1-2H3;2*4-7H,3H2,1-2H3;2-5H,1H3;3-5H,1-2H3;3*3-6H,1-2H3/i5+1H2;3+1DH;2*7+1,8+1;3+1DH;3+1H2;8+1;;;;/t;3-;;;3-;;;;;;/m.1..1....../s1. The van der Waals surface area contributed by atoms with Crippen molar-refractivity contribution < 1.29 is 77.4 Å². The van der Waals surface area contributed by atoms with Crippen molar-refractivity contribution in [1.82, 2.24) is 0 Å². The molecule has 0 spiro atoms. The molecule has 0 radical (unpaired) electrons. The second kappa shape index (κ2) is 73.2. The molecule has 0 heterocycles. The van der Waals surface area contributed by atoms with E-state index in [4.69, 9.17) is 79.4 Å². The zero-order valence-corrected chi connectivity index (χ0v) is 94.6. The summed E-state index contributed by atoms with van der Waals surface area (Å²) in [5.41, 5.74) is 6.27. The number of Topliss-reactive ketones (excluding diaryl/α,β-unsaturated/α-hetero) is 2. The Bertz CT molecular complexity index is 4690. The van der Waals surface area contributed by atoms with Gasteiger partial charge in [-0.1, -0.05) is 59.2 Å². The van der Waals surface area contributed by atoms with E-state index in [0.717, 1.165) is 81.8 Å². The van der Waals surface area contributed by atoms with Crippen LogP contribution in [-0.4, -0.2) is 202 Å². The Hall–Kier alpha value is -5.54. The van der Waals surface area contributed by atoms with Crippen LogP contribution in [0.4, 0.5) is 0 Å². The molecule has 11 rings (SSSR count). The van der Waals surface area contributed by atoms with E-state index in [-0.39, 0.29) is 108 Å². The fourth-order valence-electron chi connectivity index (χ4n) is 8.89. The van der Waals surface area contributed by atoms with Crippen LogP contribution >= 0.6 is 82.0 Å². The van der Waals surface area contributed by atoms with Gasteiger partial charge in [0.2, 0.25) is 0 Å². The molecule has 14 nitrogen and oxygen atoms in total. The van der Waals surface area contributed by atoms with E-state index in [1.54, 1.807) is 132 Å². The third kappa shape index (κ3) is 57.3. The number of methoxy groups -OCH3 is 11. The first-order valence-corrected chi connectivity index (χ1v) is 54.9. The Morgan fingerprint density at radius 2 is 0.632 bits per heavy atom. The summed E-state index contributed by atoms with van der Waals surface area (Å²) in [6.45, 7) is 20.0. The van der Waals surface area contributed by atoms with Gasteiger partial charge in [-0.15, -0.1) is 0 Å². The zero-order chi connectivity index (χ0) is 100.